The fourth-order valence-corrected chi connectivity index (χ4v) is 3.26. The second-order valence-corrected chi connectivity index (χ2v) is 6.61. The van der Waals surface area contributed by atoms with Crippen LogP contribution in [0.1, 0.15) is 24.1 Å². The van der Waals surface area contributed by atoms with Crippen molar-refractivity contribution in [2.45, 2.75) is 25.9 Å². The molecule has 1 fully saturated rings. The highest BCUT2D eigenvalue weighted by Crippen LogP contribution is 2.17. The first-order chi connectivity index (χ1) is 12.3. The van der Waals surface area contributed by atoms with Gasteiger partial charge in [0.1, 0.15) is 0 Å². The summed E-state index contributed by atoms with van der Waals surface area (Å²) < 4.78 is 0. The van der Waals surface area contributed by atoms with Gasteiger partial charge < -0.3 is 10.6 Å². The molecule has 0 unspecified atom stereocenters. The van der Waals surface area contributed by atoms with Gasteiger partial charge >= 0.3 is 6.03 Å². The Labute approximate surface area is 149 Å². The zero-order valence-electron chi connectivity index (χ0n) is 14.5. The van der Waals surface area contributed by atoms with Crippen LogP contribution in [-0.2, 0) is 13.1 Å². The van der Waals surface area contributed by atoms with E-state index in [0.717, 1.165) is 43.9 Å². The molecule has 1 saturated heterocycles. The maximum Gasteiger partial charge on any atom is 0.315 e. The number of hydrogen-bond donors (Lipinski definition) is 2. The van der Waals surface area contributed by atoms with E-state index >= 15 is 0 Å². The normalized spacial score (nSPS) is 17.8. The number of carbonyl (C=O) groups excluding carboxylic acids is 1. The summed E-state index contributed by atoms with van der Waals surface area (Å²) in [5.74, 6) is 0.500. The van der Waals surface area contributed by atoms with Crippen LogP contribution in [0.4, 0.5) is 4.79 Å². The van der Waals surface area contributed by atoms with Crippen LogP contribution in [0.5, 0.6) is 0 Å². The van der Waals surface area contributed by atoms with E-state index in [1.54, 1.807) is 0 Å². The fraction of sp³-hybridized carbons (Fsp3) is 0.400. The number of likely N-dealkylation sites (tertiary alicyclic amines) is 1. The Kier molecular flexibility index (Phi) is 6.40. The van der Waals surface area contributed by atoms with Crippen LogP contribution in [0.2, 0.25) is 0 Å². The molecule has 2 amide bonds. The van der Waals surface area contributed by atoms with Crippen LogP contribution in [0, 0.1) is 5.92 Å². The van der Waals surface area contributed by atoms with Gasteiger partial charge in [-0.05, 0) is 43.0 Å². The minimum atomic E-state index is -0.0919. The molecule has 1 aliphatic heterocycles. The summed E-state index contributed by atoms with van der Waals surface area (Å²) in [5.41, 5.74) is 2.22. The molecule has 2 N–H and O–H groups in total. The van der Waals surface area contributed by atoms with E-state index in [2.05, 4.69) is 26.6 Å². The number of pyridine rings is 1. The number of urea groups is 1. The molecule has 1 aromatic heterocycles. The number of nitrogens with zero attached hydrogens (tertiary/aromatic N) is 2. The molecular formula is C20H26N4O. The number of amides is 2. The lowest BCUT2D eigenvalue weighted by atomic mass is 9.98. The Morgan fingerprint density at radius 3 is 2.76 bits per heavy atom. The van der Waals surface area contributed by atoms with Crippen LogP contribution in [0.3, 0.4) is 0 Å². The second-order valence-electron chi connectivity index (χ2n) is 6.61. The summed E-state index contributed by atoms with van der Waals surface area (Å²) in [6, 6.07) is 15.9. The highest BCUT2D eigenvalue weighted by Gasteiger charge is 2.20. The predicted molar refractivity (Wildman–Crippen MR) is 98.9 cm³/mol. The standard InChI is InChI=1S/C20H26N4O/c25-20(22-13-17-7-2-1-3-8-17)23-14-18-9-6-12-24(15-18)16-19-10-4-5-11-21-19/h1-5,7-8,10-11,18H,6,9,12-16H2,(H2,22,23,25)/t18-/m0/s1. The Hall–Kier alpha value is -2.40. The molecular weight excluding hydrogens is 312 g/mol. The molecule has 1 aliphatic rings. The van der Waals surface area contributed by atoms with Gasteiger partial charge in [0.15, 0.2) is 0 Å². The quantitative estimate of drug-likeness (QED) is 0.851. The van der Waals surface area contributed by atoms with Crippen molar-refractivity contribution in [3.8, 4) is 0 Å². The van der Waals surface area contributed by atoms with E-state index in [1.165, 1.54) is 6.42 Å². The lowest BCUT2D eigenvalue weighted by Gasteiger charge is -2.32. The van der Waals surface area contributed by atoms with Crippen molar-refractivity contribution in [1.82, 2.24) is 20.5 Å². The van der Waals surface area contributed by atoms with E-state index in [4.69, 9.17) is 0 Å². The molecule has 0 aliphatic carbocycles. The summed E-state index contributed by atoms with van der Waals surface area (Å²) in [5, 5.41) is 5.93. The summed E-state index contributed by atoms with van der Waals surface area (Å²) in [4.78, 5) is 18.8. The predicted octanol–water partition coefficient (Wildman–Crippen LogP) is 2.79. The minimum Gasteiger partial charge on any atom is -0.338 e. The summed E-state index contributed by atoms with van der Waals surface area (Å²) in [6.07, 6.45) is 4.18. The van der Waals surface area contributed by atoms with Crippen molar-refractivity contribution in [2.75, 3.05) is 19.6 Å². The Morgan fingerprint density at radius 1 is 1.12 bits per heavy atom. The van der Waals surface area contributed by atoms with Crippen LogP contribution in [0.15, 0.2) is 54.7 Å². The van der Waals surface area contributed by atoms with Gasteiger partial charge in [-0.3, -0.25) is 9.88 Å². The monoisotopic (exact) mass is 338 g/mol. The van der Waals surface area contributed by atoms with Crippen LogP contribution < -0.4 is 10.6 Å². The Bertz CT molecular complexity index is 647. The Morgan fingerprint density at radius 2 is 1.96 bits per heavy atom. The molecule has 5 heteroatoms. The minimum absolute atomic E-state index is 0.0919. The van der Waals surface area contributed by atoms with Crippen molar-refractivity contribution in [3.63, 3.8) is 0 Å². The van der Waals surface area contributed by atoms with Crippen molar-refractivity contribution < 1.29 is 4.79 Å². The average Bonchev–Trinajstić information content (AvgIpc) is 2.67. The highest BCUT2D eigenvalue weighted by atomic mass is 16.2. The summed E-state index contributed by atoms with van der Waals surface area (Å²) >= 11 is 0. The van der Waals surface area contributed by atoms with Crippen molar-refractivity contribution in [2.24, 2.45) is 5.92 Å². The van der Waals surface area contributed by atoms with Gasteiger partial charge in [-0.2, -0.15) is 0 Å². The summed E-state index contributed by atoms with van der Waals surface area (Å²) in [6.45, 7) is 4.28. The van der Waals surface area contributed by atoms with E-state index in [1.807, 2.05) is 48.7 Å². The fourth-order valence-electron chi connectivity index (χ4n) is 3.26. The third-order valence-corrected chi connectivity index (χ3v) is 4.56. The lowest BCUT2D eigenvalue weighted by molar-refractivity contribution is 0.163. The third-order valence-electron chi connectivity index (χ3n) is 4.56. The van der Waals surface area contributed by atoms with Gasteiger partial charge in [0.2, 0.25) is 0 Å². The maximum absolute atomic E-state index is 12.0. The molecule has 1 atom stereocenters. The lowest BCUT2D eigenvalue weighted by Crippen LogP contribution is -2.43. The van der Waals surface area contributed by atoms with E-state index in [9.17, 15) is 4.79 Å². The number of hydrogen-bond acceptors (Lipinski definition) is 3. The molecule has 0 saturated carbocycles. The second kappa shape index (κ2) is 9.18. The molecule has 132 valence electrons. The van der Waals surface area contributed by atoms with E-state index in [0.29, 0.717) is 12.5 Å². The van der Waals surface area contributed by atoms with Crippen LogP contribution in [0.25, 0.3) is 0 Å². The van der Waals surface area contributed by atoms with Gasteiger partial charge in [0, 0.05) is 32.4 Å². The number of aromatic nitrogens is 1. The largest absolute Gasteiger partial charge is 0.338 e. The van der Waals surface area contributed by atoms with Gasteiger partial charge in [0.25, 0.3) is 0 Å². The molecule has 3 rings (SSSR count). The molecule has 25 heavy (non-hydrogen) atoms. The molecule has 0 radical (unpaired) electrons. The van der Waals surface area contributed by atoms with Gasteiger partial charge in [-0.25, -0.2) is 4.79 Å². The first kappa shape index (κ1) is 17.4. The topological polar surface area (TPSA) is 57.3 Å². The number of benzene rings is 1. The molecule has 2 aromatic rings. The van der Waals surface area contributed by atoms with Crippen molar-refractivity contribution in [1.29, 1.82) is 0 Å². The van der Waals surface area contributed by atoms with Crippen molar-refractivity contribution in [3.05, 3.63) is 66.0 Å². The SMILES string of the molecule is O=C(NCc1ccccc1)NC[C@@H]1CCCN(Cc2ccccn2)C1. The molecule has 0 bridgehead atoms. The number of carbonyl (C=O) groups is 1. The van der Waals surface area contributed by atoms with Crippen molar-refractivity contribution >= 4 is 6.03 Å². The molecule has 0 spiro atoms. The first-order valence-corrected chi connectivity index (χ1v) is 8.97. The Balaban J connectivity index is 1.38. The highest BCUT2D eigenvalue weighted by molar-refractivity contribution is 5.73. The van der Waals surface area contributed by atoms with Crippen LogP contribution >= 0.6 is 0 Å². The number of rotatable bonds is 6. The first-order valence-electron chi connectivity index (χ1n) is 8.97. The van der Waals surface area contributed by atoms with E-state index in [-0.39, 0.29) is 6.03 Å². The van der Waals surface area contributed by atoms with Gasteiger partial charge in [-0.1, -0.05) is 36.4 Å². The molecule has 1 aromatic carbocycles. The third kappa shape index (κ3) is 5.87. The van der Waals surface area contributed by atoms with Gasteiger partial charge in [0.05, 0.1) is 5.69 Å². The molecule has 5 nitrogen and oxygen atoms in total. The zero-order chi connectivity index (χ0) is 17.3. The maximum atomic E-state index is 12.0. The summed E-state index contributed by atoms with van der Waals surface area (Å²) in [7, 11) is 0. The smallest absolute Gasteiger partial charge is 0.315 e. The number of piperidine rings is 1. The molecule has 2 heterocycles. The van der Waals surface area contributed by atoms with Gasteiger partial charge in [-0.15, -0.1) is 0 Å². The zero-order valence-corrected chi connectivity index (χ0v) is 14.5. The van der Waals surface area contributed by atoms with E-state index < -0.39 is 0 Å². The number of nitrogens with one attached hydrogen (secondary N) is 2. The average molecular weight is 338 g/mol. The van der Waals surface area contributed by atoms with Crippen LogP contribution in [-0.4, -0.2) is 35.5 Å².